The molecule has 1 aliphatic rings. The van der Waals surface area contributed by atoms with Gasteiger partial charge in [-0.25, -0.2) is 8.42 Å². The molecule has 2 aromatic carbocycles. The molecule has 0 unspecified atom stereocenters. The highest BCUT2D eigenvalue weighted by Gasteiger charge is 2.28. The fraction of sp³-hybridized carbons (Fsp3) is 0.400. The molecule has 8 heteroatoms. The van der Waals surface area contributed by atoms with Crippen molar-refractivity contribution >= 4 is 32.4 Å². The molecule has 0 radical (unpaired) electrons. The second-order valence-corrected chi connectivity index (χ2v) is 9.17. The van der Waals surface area contributed by atoms with E-state index in [2.05, 4.69) is 5.32 Å². The number of fused-ring (bicyclic) bond motifs is 1. The summed E-state index contributed by atoms with van der Waals surface area (Å²) >= 11 is 0. The molecule has 1 fully saturated rings. The molecule has 28 heavy (non-hydrogen) atoms. The van der Waals surface area contributed by atoms with E-state index in [9.17, 15) is 13.2 Å². The zero-order valence-corrected chi connectivity index (χ0v) is 16.5. The third kappa shape index (κ3) is 5.08. The predicted molar refractivity (Wildman–Crippen MR) is 110 cm³/mol. The molecule has 0 aliphatic carbocycles. The van der Waals surface area contributed by atoms with Gasteiger partial charge >= 0.3 is 0 Å². The first kappa shape index (κ1) is 20.3. The van der Waals surface area contributed by atoms with E-state index >= 15 is 0 Å². The van der Waals surface area contributed by atoms with Crippen molar-refractivity contribution in [3.05, 3.63) is 42.5 Å². The van der Waals surface area contributed by atoms with Crippen LogP contribution in [0.3, 0.4) is 0 Å². The van der Waals surface area contributed by atoms with Gasteiger partial charge in [-0.15, -0.1) is 0 Å². The highest BCUT2D eigenvalue weighted by atomic mass is 32.2. The van der Waals surface area contributed by atoms with Crippen molar-refractivity contribution in [2.45, 2.75) is 24.2 Å². The molecule has 0 atom stereocenters. The number of piperidine rings is 1. The summed E-state index contributed by atoms with van der Waals surface area (Å²) in [5.41, 5.74) is 5.28. The lowest BCUT2D eigenvalue weighted by molar-refractivity contribution is -0.126. The second kappa shape index (κ2) is 8.70. The van der Waals surface area contributed by atoms with Crippen LogP contribution in [0, 0.1) is 11.3 Å². The Hall–Kier alpha value is -2.45. The van der Waals surface area contributed by atoms with Crippen LogP contribution in [0.1, 0.15) is 19.3 Å². The average molecular weight is 403 g/mol. The quantitative estimate of drug-likeness (QED) is 0.482. The zero-order chi connectivity index (χ0) is 20.1. The zero-order valence-electron chi connectivity index (χ0n) is 15.7. The summed E-state index contributed by atoms with van der Waals surface area (Å²) in [7, 11) is -3.42. The third-order valence-electron chi connectivity index (χ3n) is 5.08. The molecule has 4 N–H and O–H groups in total. The molecule has 1 saturated heterocycles. The number of nitrogens with one attached hydrogen (secondary N) is 2. The van der Waals surface area contributed by atoms with E-state index < -0.39 is 9.84 Å². The number of carbonyl (C=O) groups is 1. The number of likely N-dealkylation sites (tertiary alicyclic amines) is 1. The smallest absolute Gasteiger partial charge is 0.223 e. The van der Waals surface area contributed by atoms with Gasteiger partial charge in [-0.2, -0.15) is 0 Å². The average Bonchev–Trinajstić information content (AvgIpc) is 2.67. The van der Waals surface area contributed by atoms with Crippen molar-refractivity contribution in [1.29, 1.82) is 5.41 Å². The molecule has 0 spiro atoms. The van der Waals surface area contributed by atoms with E-state index in [0.29, 0.717) is 43.8 Å². The molecule has 7 nitrogen and oxygen atoms in total. The van der Waals surface area contributed by atoms with Gasteiger partial charge in [-0.3, -0.25) is 15.1 Å². The molecular weight excluding hydrogens is 376 g/mol. The van der Waals surface area contributed by atoms with E-state index in [-0.39, 0.29) is 23.5 Å². The first-order chi connectivity index (χ1) is 13.3. The van der Waals surface area contributed by atoms with Crippen LogP contribution in [0.15, 0.2) is 47.4 Å². The summed E-state index contributed by atoms with van der Waals surface area (Å²) < 4.78 is 25.6. The van der Waals surface area contributed by atoms with Crippen LogP contribution < -0.4 is 11.1 Å². The lowest BCUT2D eigenvalue weighted by Gasteiger charge is -2.30. The number of carbonyl (C=O) groups excluding carboxylic acids is 1. The highest BCUT2D eigenvalue weighted by Crippen LogP contribution is 2.23. The highest BCUT2D eigenvalue weighted by molar-refractivity contribution is 7.91. The summed E-state index contributed by atoms with van der Waals surface area (Å²) in [6.07, 6.45) is 1.59. The Bertz CT molecular complexity index is 966. The number of amidine groups is 1. The Morgan fingerprint density at radius 3 is 2.50 bits per heavy atom. The predicted octanol–water partition coefficient (Wildman–Crippen LogP) is 1.73. The minimum absolute atomic E-state index is 0.0377. The number of nitrogens with zero attached hydrogens (tertiary/aromatic N) is 1. The largest absolute Gasteiger partial charge is 0.388 e. The molecule has 1 aliphatic heterocycles. The van der Waals surface area contributed by atoms with Gasteiger partial charge in [0.25, 0.3) is 0 Å². The maximum Gasteiger partial charge on any atom is 0.223 e. The molecular formula is C20H26N4O3S. The molecule has 150 valence electrons. The molecule has 0 aromatic heterocycles. The van der Waals surface area contributed by atoms with Crippen LogP contribution in [0.2, 0.25) is 0 Å². The van der Waals surface area contributed by atoms with Crippen LogP contribution in [0.4, 0.5) is 0 Å². The molecule has 0 saturated carbocycles. The van der Waals surface area contributed by atoms with E-state index in [0.717, 1.165) is 10.8 Å². The number of benzene rings is 2. The fourth-order valence-electron chi connectivity index (χ4n) is 3.46. The number of nitrogens with two attached hydrogens (primary N) is 1. The Morgan fingerprint density at radius 1 is 1.14 bits per heavy atom. The minimum atomic E-state index is -3.42. The van der Waals surface area contributed by atoms with Gasteiger partial charge in [0.15, 0.2) is 9.84 Å². The molecule has 1 heterocycles. The molecule has 2 aromatic rings. The monoisotopic (exact) mass is 402 g/mol. The second-order valence-electron chi connectivity index (χ2n) is 7.21. The van der Waals surface area contributed by atoms with Gasteiger partial charge in [-0.05, 0) is 48.8 Å². The molecule has 0 bridgehead atoms. The third-order valence-corrected chi connectivity index (χ3v) is 6.76. The van der Waals surface area contributed by atoms with Gasteiger partial charge in [0, 0.05) is 18.9 Å². The van der Waals surface area contributed by atoms with Crippen LogP contribution in [-0.4, -0.2) is 50.6 Å². The van der Waals surface area contributed by atoms with Crippen molar-refractivity contribution in [3.8, 4) is 0 Å². The summed E-state index contributed by atoms with van der Waals surface area (Å²) in [5, 5.41) is 11.9. The maximum absolute atomic E-state index is 12.8. The van der Waals surface area contributed by atoms with Gasteiger partial charge in [-0.1, -0.05) is 30.3 Å². The Balaban J connectivity index is 1.55. The maximum atomic E-state index is 12.8. The van der Waals surface area contributed by atoms with Crippen LogP contribution in [0.25, 0.3) is 10.8 Å². The van der Waals surface area contributed by atoms with E-state index in [4.69, 9.17) is 11.1 Å². The van der Waals surface area contributed by atoms with Crippen LogP contribution in [-0.2, 0) is 14.6 Å². The van der Waals surface area contributed by atoms with Crippen molar-refractivity contribution in [3.63, 3.8) is 0 Å². The summed E-state index contributed by atoms with van der Waals surface area (Å²) in [5.74, 6) is -0.150. The van der Waals surface area contributed by atoms with E-state index in [1.165, 1.54) is 0 Å². The Morgan fingerprint density at radius 2 is 1.82 bits per heavy atom. The Kier molecular flexibility index (Phi) is 6.31. The number of amides is 1. The normalized spacial score (nSPS) is 16.1. The van der Waals surface area contributed by atoms with E-state index in [1.807, 2.05) is 35.2 Å². The van der Waals surface area contributed by atoms with Crippen LogP contribution in [0.5, 0.6) is 0 Å². The lowest BCUT2D eigenvalue weighted by Crippen LogP contribution is -2.42. The van der Waals surface area contributed by atoms with E-state index in [1.54, 1.807) is 12.1 Å². The van der Waals surface area contributed by atoms with Crippen molar-refractivity contribution < 1.29 is 13.2 Å². The fourth-order valence-corrected chi connectivity index (χ4v) is 4.93. The van der Waals surface area contributed by atoms with Crippen molar-refractivity contribution in [2.24, 2.45) is 11.7 Å². The van der Waals surface area contributed by atoms with Crippen molar-refractivity contribution in [1.82, 2.24) is 10.2 Å². The summed E-state index contributed by atoms with van der Waals surface area (Å²) in [4.78, 5) is 14.4. The van der Waals surface area contributed by atoms with Gasteiger partial charge < -0.3 is 11.1 Å². The van der Waals surface area contributed by atoms with Crippen molar-refractivity contribution in [2.75, 3.05) is 25.5 Å². The van der Waals surface area contributed by atoms with Crippen LogP contribution >= 0.6 is 0 Å². The Labute approximate surface area is 165 Å². The lowest BCUT2D eigenvalue weighted by atomic mass is 9.96. The number of rotatable bonds is 7. The summed E-state index contributed by atoms with van der Waals surface area (Å²) in [6.45, 7) is 1.50. The minimum Gasteiger partial charge on any atom is -0.388 e. The van der Waals surface area contributed by atoms with Gasteiger partial charge in [0.1, 0.15) is 5.88 Å². The first-order valence-electron chi connectivity index (χ1n) is 9.40. The van der Waals surface area contributed by atoms with Gasteiger partial charge in [0.05, 0.1) is 10.7 Å². The van der Waals surface area contributed by atoms with Gasteiger partial charge in [0.2, 0.25) is 5.91 Å². The first-order valence-corrected chi connectivity index (χ1v) is 11.0. The summed E-state index contributed by atoms with van der Waals surface area (Å²) in [6, 6.07) is 12.9. The number of sulfone groups is 1. The number of hydrogen-bond donors (Lipinski definition) is 3. The SMILES string of the molecule is N=C(N)CCNC(=O)C1CCN(CS(=O)(=O)c2ccc3ccccc3c2)CC1. The molecule has 3 rings (SSSR count). The molecule has 1 amide bonds. The standard InChI is InChI=1S/C20H26N4O3S/c21-19(22)7-10-23-20(25)16-8-11-24(12-9-16)14-28(26,27)18-6-5-15-3-1-2-4-17(15)13-18/h1-6,13,16H,7-12,14H2,(H3,21,22)(H,23,25). The topological polar surface area (TPSA) is 116 Å². The number of hydrogen-bond acceptors (Lipinski definition) is 5.